The van der Waals surface area contributed by atoms with Crippen molar-refractivity contribution < 1.29 is 4.39 Å². The van der Waals surface area contributed by atoms with Gasteiger partial charge in [0.15, 0.2) is 5.65 Å². The van der Waals surface area contributed by atoms with Crippen LogP contribution < -0.4 is 11.1 Å². The number of hydrogen-bond acceptors (Lipinski definition) is 6. The Morgan fingerprint density at radius 1 is 1.00 bits per heavy atom. The van der Waals surface area contributed by atoms with Crippen LogP contribution in [0.25, 0.3) is 28.0 Å². The van der Waals surface area contributed by atoms with E-state index in [2.05, 4.69) is 25.4 Å². The number of hydrogen-bond donors (Lipinski definition) is 2. The molecule has 0 aliphatic heterocycles. The zero-order valence-electron chi connectivity index (χ0n) is 16.7. The monoisotopic (exact) mass is 445 g/mol. The van der Waals surface area contributed by atoms with Crippen LogP contribution in [-0.4, -0.2) is 24.7 Å². The summed E-state index contributed by atoms with van der Waals surface area (Å²) in [7, 11) is 0. The second-order valence-corrected chi connectivity index (χ2v) is 7.50. The van der Waals surface area contributed by atoms with Gasteiger partial charge >= 0.3 is 0 Å². The van der Waals surface area contributed by atoms with E-state index in [4.69, 9.17) is 17.3 Å². The van der Waals surface area contributed by atoms with E-state index in [1.807, 2.05) is 12.1 Å². The molecule has 3 heterocycles. The van der Waals surface area contributed by atoms with Crippen LogP contribution in [0, 0.1) is 5.82 Å². The van der Waals surface area contributed by atoms with E-state index in [0.29, 0.717) is 51.3 Å². The first kappa shape index (κ1) is 19.9. The number of benzene rings is 2. The molecule has 7 nitrogen and oxygen atoms in total. The van der Waals surface area contributed by atoms with Crippen LogP contribution in [0.5, 0.6) is 0 Å². The lowest BCUT2D eigenvalue weighted by Crippen LogP contribution is -2.05. The molecule has 0 amide bonds. The molecule has 3 aromatic heterocycles. The summed E-state index contributed by atoms with van der Waals surface area (Å²) in [4.78, 5) is 13.2. The Bertz CT molecular complexity index is 1400. The lowest BCUT2D eigenvalue weighted by Gasteiger charge is -2.09. The average Bonchev–Trinajstić information content (AvgIpc) is 3.15. The largest absolute Gasteiger partial charge is 0.383 e. The summed E-state index contributed by atoms with van der Waals surface area (Å²) in [6.07, 6.45) is 3.45. The van der Waals surface area contributed by atoms with Crippen LogP contribution in [0.2, 0.25) is 5.02 Å². The summed E-state index contributed by atoms with van der Waals surface area (Å²) in [5.74, 6) is 0.198. The Morgan fingerprint density at radius 3 is 2.56 bits per heavy atom. The Hall–Kier alpha value is -4.04. The van der Waals surface area contributed by atoms with Crippen molar-refractivity contribution in [3.05, 3.63) is 89.5 Å². The Morgan fingerprint density at radius 2 is 1.81 bits per heavy atom. The summed E-state index contributed by atoms with van der Waals surface area (Å²) >= 11 is 6.01. The van der Waals surface area contributed by atoms with Crippen molar-refractivity contribution >= 4 is 34.4 Å². The van der Waals surface area contributed by atoms with Crippen LogP contribution in [0.1, 0.15) is 5.56 Å². The van der Waals surface area contributed by atoms with Gasteiger partial charge in [0.1, 0.15) is 11.6 Å². The minimum absolute atomic E-state index is 0.305. The van der Waals surface area contributed by atoms with Crippen LogP contribution in [0.15, 0.2) is 73.1 Å². The maximum atomic E-state index is 14.7. The number of anilines is 2. The van der Waals surface area contributed by atoms with Gasteiger partial charge in [-0.15, -0.1) is 5.10 Å². The van der Waals surface area contributed by atoms with Crippen LogP contribution in [-0.2, 0) is 6.54 Å². The molecule has 9 heteroatoms. The molecule has 0 unspecified atom stereocenters. The summed E-state index contributed by atoms with van der Waals surface area (Å²) in [5.41, 5.74) is 9.12. The van der Waals surface area contributed by atoms with Crippen LogP contribution in [0.4, 0.5) is 16.2 Å². The number of halogens is 2. The zero-order valence-corrected chi connectivity index (χ0v) is 17.5. The van der Waals surface area contributed by atoms with Crippen molar-refractivity contribution in [3.8, 4) is 16.9 Å². The number of nitrogens with two attached hydrogens (primary N) is 1. The summed E-state index contributed by atoms with van der Waals surface area (Å²) < 4.78 is 16.3. The van der Waals surface area contributed by atoms with Crippen molar-refractivity contribution in [2.45, 2.75) is 6.54 Å². The first-order valence-corrected chi connectivity index (χ1v) is 10.2. The van der Waals surface area contributed by atoms with Gasteiger partial charge in [-0.2, -0.15) is 4.98 Å². The molecule has 2 aromatic carbocycles. The highest BCUT2D eigenvalue weighted by molar-refractivity contribution is 6.30. The molecule has 158 valence electrons. The molecule has 0 aliphatic rings. The molecule has 5 aromatic rings. The number of aromatic nitrogens is 5. The molecule has 0 saturated heterocycles. The molecule has 0 spiro atoms. The van der Waals surface area contributed by atoms with Gasteiger partial charge in [-0.3, -0.25) is 4.98 Å². The second kappa shape index (κ2) is 8.24. The van der Waals surface area contributed by atoms with Crippen molar-refractivity contribution in [2.24, 2.45) is 0 Å². The highest BCUT2D eigenvalue weighted by Gasteiger charge is 2.21. The second-order valence-electron chi connectivity index (χ2n) is 7.06. The molecule has 0 fully saturated rings. The topological polar surface area (TPSA) is 94.5 Å². The van der Waals surface area contributed by atoms with Gasteiger partial charge in [-0.1, -0.05) is 29.8 Å². The van der Waals surface area contributed by atoms with Gasteiger partial charge in [0.2, 0.25) is 5.95 Å². The zero-order chi connectivity index (χ0) is 22.1. The lowest BCUT2D eigenvalue weighted by atomic mass is 10.1. The predicted molar refractivity (Wildman–Crippen MR) is 123 cm³/mol. The summed E-state index contributed by atoms with van der Waals surface area (Å²) in [5, 5.41) is 8.80. The molecule has 0 atom stereocenters. The number of pyridine rings is 1. The van der Waals surface area contributed by atoms with Crippen LogP contribution >= 0.6 is 11.6 Å². The molecule has 0 bridgehead atoms. The normalized spacial score (nSPS) is 11.1. The molecule has 5 rings (SSSR count). The molecule has 3 N–H and O–H groups in total. The molecule has 32 heavy (non-hydrogen) atoms. The minimum Gasteiger partial charge on any atom is -0.383 e. The van der Waals surface area contributed by atoms with Crippen LogP contribution in [0.3, 0.4) is 0 Å². The third-order valence-electron chi connectivity index (χ3n) is 4.94. The van der Waals surface area contributed by atoms with Crippen molar-refractivity contribution in [1.29, 1.82) is 0 Å². The Labute approximate surface area is 187 Å². The summed E-state index contributed by atoms with van der Waals surface area (Å²) in [6, 6.07) is 17.3. The maximum Gasteiger partial charge on any atom is 0.225 e. The smallest absolute Gasteiger partial charge is 0.225 e. The number of fused-ring (bicyclic) bond motifs is 1. The van der Waals surface area contributed by atoms with Crippen molar-refractivity contribution in [1.82, 2.24) is 24.7 Å². The molecule has 0 aliphatic carbocycles. The van der Waals surface area contributed by atoms with E-state index in [1.54, 1.807) is 59.5 Å². The van der Waals surface area contributed by atoms with Gasteiger partial charge in [0.25, 0.3) is 0 Å². The van der Waals surface area contributed by atoms with E-state index in [0.717, 1.165) is 5.56 Å². The molecule has 0 radical (unpaired) electrons. The van der Waals surface area contributed by atoms with E-state index < -0.39 is 5.82 Å². The first-order valence-electron chi connectivity index (χ1n) is 9.80. The standard InChI is InChI=1S/C23H17ClFN7/c24-15-7-9-16(10-8-15)32-21(26)19-20(17-5-1-2-6-18(17)25)29-23(30-22(19)31-32)28-13-14-4-3-11-27-12-14/h1-12H,13,26H2,(H,28,30,31). The van der Waals surface area contributed by atoms with Crippen molar-refractivity contribution in [2.75, 3.05) is 11.1 Å². The van der Waals surface area contributed by atoms with Gasteiger partial charge in [0, 0.05) is 29.5 Å². The lowest BCUT2D eigenvalue weighted by molar-refractivity contribution is 0.631. The molecular formula is C23H17ClFN7. The van der Waals surface area contributed by atoms with E-state index in [-0.39, 0.29) is 0 Å². The van der Waals surface area contributed by atoms with E-state index >= 15 is 0 Å². The first-order chi connectivity index (χ1) is 15.6. The fraction of sp³-hybridized carbons (Fsp3) is 0.0435. The van der Waals surface area contributed by atoms with Gasteiger partial charge in [-0.25, -0.2) is 14.1 Å². The quantitative estimate of drug-likeness (QED) is 0.401. The summed E-state index contributed by atoms with van der Waals surface area (Å²) in [6.45, 7) is 0.448. The predicted octanol–water partition coefficient (Wildman–Crippen LogP) is 4.86. The third-order valence-corrected chi connectivity index (χ3v) is 5.19. The van der Waals surface area contributed by atoms with Gasteiger partial charge in [-0.05, 0) is 48.0 Å². The molecule has 0 saturated carbocycles. The number of nitrogens with one attached hydrogen (secondary N) is 1. The maximum absolute atomic E-state index is 14.7. The Balaban J connectivity index is 1.66. The van der Waals surface area contributed by atoms with E-state index in [1.165, 1.54) is 6.07 Å². The number of nitrogens with zero attached hydrogens (tertiary/aromatic N) is 5. The third kappa shape index (κ3) is 3.72. The van der Waals surface area contributed by atoms with Gasteiger partial charge in [0.05, 0.1) is 16.8 Å². The minimum atomic E-state index is -0.413. The highest BCUT2D eigenvalue weighted by Crippen LogP contribution is 2.34. The van der Waals surface area contributed by atoms with Gasteiger partial charge < -0.3 is 11.1 Å². The Kier molecular flexibility index (Phi) is 5.12. The number of rotatable bonds is 5. The van der Waals surface area contributed by atoms with Crippen molar-refractivity contribution in [3.63, 3.8) is 0 Å². The average molecular weight is 446 g/mol. The fourth-order valence-corrected chi connectivity index (χ4v) is 3.53. The number of nitrogen functional groups attached to an aromatic ring is 1. The fourth-order valence-electron chi connectivity index (χ4n) is 3.40. The molecular weight excluding hydrogens is 429 g/mol. The SMILES string of the molecule is Nc1c2c(-c3ccccc3F)nc(NCc3cccnc3)nc2nn1-c1ccc(Cl)cc1. The van der Waals surface area contributed by atoms with E-state index in [9.17, 15) is 4.39 Å². The highest BCUT2D eigenvalue weighted by atomic mass is 35.5.